The van der Waals surface area contributed by atoms with Gasteiger partial charge in [0.2, 0.25) is 9.70 Å². The van der Waals surface area contributed by atoms with Crippen molar-refractivity contribution in [2.24, 2.45) is 11.0 Å². The van der Waals surface area contributed by atoms with Crippen molar-refractivity contribution in [3.63, 3.8) is 0 Å². The molecule has 0 aromatic heterocycles. The van der Waals surface area contributed by atoms with E-state index in [1.54, 1.807) is 24.3 Å². The van der Waals surface area contributed by atoms with E-state index in [0.29, 0.717) is 17.0 Å². The lowest BCUT2D eigenvalue weighted by Gasteiger charge is -2.30. The number of rotatable bonds is 4. The minimum absolute atomic E-state index is 0.384. The van der Waals surface area contributed by atoms with Gasteiger partial charge in [-0.2, -0.15) is 10.1 Å². The fourth-order valence-electron chi connectivity index (χ4n) is 2.94. The van der Waals surface area contributed by atoms with E-state index >= 15 is 0 Å². The number of para-hydroxylation sites is 1. The van der Waals surface area contributed by atoms with Crippen LogP contribution in [-0.2, 0) is 9.59 Å². The maximum absolute atomic E-state index is 13.2. The van der Waals surface area contributed by atoms with Crippen LogP contribution < -0.4 is 10.3 Å². The van der Waals surface area contributed by atoms with Crippen LogP contribution in [0.25, 0.3) is 0 Å². The average Bonchev–Trinajstić information content (AvgIpc) is 2.97. The number of anilines is 1. The summed E-state index contributed by atoms with van der Waals surface area (Å²) < 4.78 is -1.91. The Bertz CT molecular complexity index is 867. The summed E-state index contributed by atoms with van der Waals surface area (Å²) in [5, 5.41) is 8.38. The van der Waals surface area contributed by atoms with Crippen LogP contribution in [0.2, 0.25) is 0 Å². The number of amides is 2. The normalized spacial score (nSPS) is 18.2. The summed E-state index contributed by atoms with van der Waals surface area (Å²) in [5.74, 6) is -1.75. The van der Waals surface area contributed by atoms with Crippen LogP contribution >= 0.6 is 34.8 Å². The Hall–Kier alpha value is -2.08. The van der Waals surface area contributed by atoms with E-state index in [1.165, 1.54) is 11.9 Å². The fourth-order valence-corrected chi connectivity index (χ4v) is 3.48. The molecule has 1 aliphatic heterocycles. The van der Waals surface area contributed by atoms with Crippen molar-refractivity contribution >= 4 is 58.0 Å². The molecule has 1 heterocycles. The Kier molecular flexibility index (Phi) is 5.75. The number of benzene rings is 2. The summed E-state index contributed by atoms with van der Waals surface area (Å²) in [6.07, 6.45) is 0. The molecule has 0 radical (unpaired) electrons. The molecule has 2 unspecified atom stereocenters. The van der Waals surface area contributed by atoms with Gasteiger partial charge in [-0.05, 0) is 17.7 Å². The molecule has 2 aromatic rings. The van der Waals surface area contributed by atoms with Gasteiger partial charge in [0, 0.05) is 6.92 Å². The van der Waals surface area contributed by atoms with Gasteiger partial charge in [0.15, 0.2) is 0 Å². The second kappa shape index (κ2) is 7.89. The maximum atomic E-state index is 13.2. The molecule has 0 saturated carbocycles. The highest BCUT2D eigenvalue weighted by Gasteiger charge is 2.50. The number of hydrogen-bond donors (Lipinski definition) is 1. The molecular weight excluding hydrogens is 409 g/mol. The van der Waals surface area contributed by atoms with Gasteiger partial charge in [0.05, 0.1) is 17.4 Å². The molecule has 0 fully saturated rings. The number of carbonyl (C=O) groups excluding carboxylic acids is 2. The maximum Gasteiger partial charge on any atom is 0.258 e. The predicted octanol–water partition coefficient (Wildman–Crippen LogP) is 3.93. The van der Waals surface area contributed by atoms with Crippen molar-refractivity contribution in [1.29, 1.82) is 0 Å². The van der Waals surface area contributed by atoms with Gasteiger partial charge >= 0.3 is 0 Å². The Morgan fingerprint density at radius 1 is 1.07 bits per heavy atom. The van der Waals surface area contributed by atoms with E-state index in [1.807, 2.05) is 36.4 Å². The van der Waals surface area contributed by atoms with Crippen LogP contribution in [0.15, 0.2) is 65.8 Å². The lowest BCUT2D eigenvalue weighted by molar-refractivity contribution is -0.122. The first-order valence-corrected chi connectivity index (χ1v) is 9.29. The van der Waals surface area contributed by atoms with Crippen molar-refractivity contribution in [1.82, 2.24) is 5.32 Å². The van der Waals surface area contributed by atoms with E-state index in [2.05, 4.69) is 10.4 Å². The SMILES string of the molecule is CC(=O)NC(C1C(=O)N(c2ccccc2)N=C1c1ccccc1)C(Cl)(Cl)Cl. The number of carbonyl (C=O) groups is 2. The van der Waals surface area contributed by atoms with E-state index in [-0.39, 0.29) is 5.91 Å². The molecule has 140 valence electrons. The lowest BCUT2D eigenvalue weighted by Crippen LogP contribution is -2.53. The molecule has 0 spiro atoms. The standard InChI is InChI=1S/C19H16Cl3N3O2/c1-12(26)23-17(19(20,21)22)15-16(13-8-4-2-5-9-13)24-25(18(15)27)14-10-6-3-7-11-14/h2-11,15,17H,1H3,(H,23,26). The van der Waals surface area contributed by atoms with Crippen LogP contribution in [-0.4, -0.2) is 27.4 Å². The monoisotopic (exact) mass is 423 g/mol. The minimum Gasteiger partial charge on any atom is -0.348 e. The zero-order chi connectivity index (χ0) is 19.6. The number of nitrogens with zero attached hydrogens (tertiary/aromatic N) is 2. The molecule has 2 atom stereocenters. The van der Waals surface area contributed by atoms with Gasteiger partial charge in [-0.3, -0.25) is 9.59 Å². The van der Waals surface area contributed by atoms with Crippen LogP contribution in [0, 0.1) is 5.92 Å². The van der Waals surface area contributed by atoms with Crippen LogP contribution in [0.5, 0.6) is 0 Å². The molecule has 0 saturated heterocycles. The van der Waals surface area contributed by atoms with Gasteiger partial charge < -0.3 is 5.32 Å². The van der Waals surface area contributed by atoms with E-state index in [9.17, 15) is 9.59 Å². The average molecular weight is 425 g/mol. The van der Waals surface area contributed by atoms with E-state index in [0.717, 1.165) is 0 Å². The zero-order valence-corrected chi connectivity index (χ0v) is 16.5. The highest BCUT2D eigenvalue weighted by molar-refractivity contribution is 6.68. The Morgan fingerprint density at radius 3 is 2.15 bits per heavy atom. The molecule has 0 bridgehead atoms. The molecular formula is C19H16Cl3N3O2. The summed E-state index contributed by atoms with van der Waals surface area (Å²) in [5.41, 5.74) is 1.72. The van der Waals surface area contributed by atoms with Gasteiger partial charge in [-0.25, -0.2) is 0 Å². The third kappa shape index (κ3) is 4.26. The quantitative estimate of drug-likeness (QED) is 0.756. The van der Waals surface area contributed by atoms with Crippen molar-refractivity contribution in [2.45, 2.75) is 16.8 Å². The third-order valence-electron chi connectivity index (χ3n) is 4.09. The Morgan fingerprint density at radius 2 is 1.63 bits per heavy atom. The number of hydrogen-bond acceptors (Lipinski definition) is 3. The number of hydrazone groups is 1. The van der Waals surface area contributed by atoms with Crippen molar-refractivity contribution in [3.05, 3.63) is 66.2 Å². The third-order valence-corrected chi connectivity index (χ3v) is 4.80. The summed E-state index contributed by atoms with van der Waals surface area (Å²) >= 11 is 18.4. The molecule has 2 aromatic carbocycles. The molecule has 8 heteroatoms. The molecule has 0 aliphatic carbocycles. The largest absolute Gasteiger partial charge is 0.348 e. The fraction of sp³-hybridized carbons (Fsp3) is 0.211. The smallest absolute Gasteiger partial charge is 0.258 e. The molecule has 3 rings (SSSR count). The predicted molar refractivity (Wildman–Crippen MR) is 108 cm³/mol. The highest BCUT2D eigenvalue weighted by Crippen LogP contribution is 2.39. The second-order valence-electron chi connectivity index (χ2n) is 6.03. The lowest BCUT2D eigenvalue weighted by atomic mass is 9.90. The zero-order valence-electron chi connectivity index (χ0n) is 14.3. The van der Waals surface area contributed by atoms with Gasteiger partial charge in [-0.15, -0.1) is 0 Å². The highest BCUT2D eigenvalue weighted by atomic mass is 35.6. The summed E-state index contributed by atoms with van der Waals surface area (Å²) in [7, 11) is 0. The van der Waals surface area contributed by atoms with Crippen LogP contribution in [0.4, 0.5) is 5.69 Å². The Labute approximate surface area is 171 Å². The van der Waals surface area contributed by atoms with E-state index < -0.39 is 21.7 Å². The summed E-state index contributed by atoms with van der Waals surface area (Å²) in [6.45, 7) is 1.30. The van der Waals surface area contributed by atoms with Crippen LogP contribution in [0.3, 0.4) is 0 Å². The van der Waals surface area contributed by atoms with Crippen molar-refractivity contribution in [2.75, 3.05) is 5.01 Å². The first-order chi connectivity index (χ1) is 12.8. The Balaban J connectivity index is 2.11. The number of nitrogens with one attached hydrogen (secondary N) is 1. The number of alkyl halides is 3. The van der Waals surface area contributed by atoms with E-state index in [4.69, 9.17) is 34.8 Å². The summed E-state index contributed by atoms with van der Waals surface area (Å²) in [6, 6.07) is 17.0. The van der Waals surface area contributed by atoms with Gasteiger partial charge in [-0.1, -0.05) is 83.3 Å². The second-order valence-corrected chi connectivity index (χ2v) is 8.40. The first kappa shape index (κ1) is 19.7. The molecule has 2 amide bonds. The van der Waals surface area contributed by atoms with Crippen molar-refractivity contribution < 1.29 is 9.59 Å². The molecule has 27 heavy (non-hydrogen) atoms. The molecule has 1 aliphatic rings. The van der Waals surface area contributed by atoms with Gasteiger partial charge in [0.25, 0.3) is 5.91 Å². The summed E-state index contributed by atoms with van der Waals surface area (Å²) in [4.78, 5) is 25.0. The molecule has 5 nitrogen and oxygen atoms in total. The first-order valence-electron chi connectivity index (χ1n) is 8.16. The number of halogens is 3. The van der Waals surface area contributed by atoms with Crippen LogP contribution in [0.1, 0.15) is 12.5 Å². The topological polar surface area (TPSA) is 61.8 Å². The molecule has 1 N–H and O–H groups in total. The van der Waals surface area contributed by atoms with Gasteiger partial charge in [0.1, 0.15) is 5.92 Å². The van der Waals surface area contributed by atoms with Crippen molar-refractivity contribution in [3.8, 4) is 0 Å². The minimum atomic E-state index is -1.91.